The third-order valence-electron chi connectivity index (χ3n) is 7.43. The summed E-state index contributed by atoms with van der Waals surface area (Å²) < 4.78 is 6.43. The quantitative estimate of drug-likeness (QED) is 0.595. The molecule has 0 radical (unpaired) electrons. The van der Waals surface area contributed by atoms with Gasteiger partial charge in [-0.2, -0.15) is 0 Å². The number of aliphatic hydroxyl groups excluding tert-OH is 1. The first kappa shape index (κ1) is 26.2. The molecule has 1 aliphatic carbocycles. The summed E-state index contributed by atoms with van der Waals surface area (Å²) in [6.45, 7) is 6.26. The highest BCUT2D eigenvalue weighted by Crippen LogP contribution is 2.29. The molecule has 1 amide bonds. The fourth-order valence-electron chi connectivity index (χ4n) is 5.25. The fourth-order valence-corrected chi connectivity index (χ4v) is 5.25. The van der Waals surface area contributed by atoms with Crippen molar-refractivity contribution in [1.82, 2.24) is 14.8 Å². The maximum atomic E-state index is 13.6. The highest BCUT2D eigenvalue weighted by molar-refractivity contribution is 5.97. The van der Waals surface area contributed by atoms with Crippen LogP contribution in [0.4, 0.5) is 0 Å². The molecule has 1 saturated carbocycles. The molecular weight excluding hydrogens is 450 g/mol. The third-order valence-corrected chi connectivity index (χ3v) is 7.43. The Morgan fingerprint density at radius 2 is 1.97 bits per heavy atom. The van der Waals surface area contributed by atoms with Crippen LogP contribution in [-0.2, 0) is 6.42 Å². The van der Waals surface area contributed by atoms with Crippen LogP contribution in [0.15, 0.2) is 42.6 Å². The van der Waals surface area contributed by atoms with Gasteiger partial charge in [0.05, 0.1) is 12.6 Å². The number of amides is 1. The fraction of sp³-hybridized carbons (Fsp3) is 0.533. The van der Waals surface area contributed by atoms with Crippen molar-refractivity contribution in [2.45, 2.75) is 58.1 Å². The van der Waals surface area contributed by atoms with Crippen LogP contribution < -0.4 is 4.74 Å². The molecule has 36 heavy (non-hydrogen) atoms. The number of benzene rings is 1. The number of nitrogens with zero attached hydrogens (tertiary/aromatic N) is 3. The number of pyridine rings is 1. The number of aliphatic hydroxyl groups is 1. The molecular formula is C30H39N3O3. The van der Waals surface area contributed by atoms with E-state index in [9.17, 15) is 9.90 Å². The van der Waals surface area contributed by atoms with Gasteiger partial charge in [0.2, 0.25) is 5.88 Å². The molecule has 1 aliphatic heterocycles. The van der Waals surface area contributed by atoms with Gasteiger partial charge >= 0.3 is 0 Å². The Bertz CT molecular complexity index is 1070. The third kappa shape index (κ3) is 6.66. The van der Waals surface area contributed by atoms with Crippen molar-refractivity contribution in [3.8, 4) is 17.7 Å². The van der Waals surface area contributed by atoms with E-state index in [1.807, 2.05) is 37.3 Å². The van der Waals surface area contributed by atoms with E-state index in [-0.39, 0.29) is 30.6 Å². The van der Waals surface area contributed by atoms with E-state index < -0.39 is 0 Å². The van der Waals surface area contributed by atoms with Crippen LogP contribution in [-0.4, -0.2) is 71.2 Å². The number of hydrogen-bond acceptors (Lipinski definition) is 5. The van der Waals surface area contributed by atoms with Gasteiger partial charge in [-0.15, -0.1) is 0 Å². The van der Waals surface area contributed by atoms with Crippen LogP contribution in [0.25, 0.3) is 0 Å². The molecule has 6 nitrogen and oxygen atoms in total. The Hall–Kier alpha value is -2.88. The average Bonchev–Trinajstić information content (AvgIpc) is 3.39. The predicted octanol–water partition coefficient (Wildman–Crippen LogP) is 4.02. The molecule has 0 unspecified atom stereocenters. The summed E-state index contributed by atoms with van der Waals surface area (Å²) in [6.07, 6.45) is 7.48. The van der Waals surface area contributed by atoms with Gasteiger partial charge in [-0.3, -0.25) is 4.79 Å². The van der Waals surface area contributed by atoms with Gasteiger partial charge in [-0.05, 0) is 44.4 Å². The number of fused-ring (bicyclic) bond motifs is 1. The molecule has 0 saturated heterocycles. The Labute approximate surface area is 215 Å². The van der Waals surface area contributed by atoms with E-state index in [2.05, 4.69) is 35.7 Å². The van der Waals surface area contributed by atoms with Crippen molar-refractivity contribution < 1.29 is 14.6 Å². The standard InChI is InChI=1S/C30H39N3O3/c1-22-18-33(23(2)21-34)30(35)27-16-26(15-9-14-24-10-5-4-6-11-24)17-31-29(27)36-28(22)20-32(3)19-25-12-7-8-13-25/h4-6,10-11,16-17,22-23,25,28,34H,7-8,12-14,18-21H2,1-3H3/t22-,23-,28+/m1/s1. The van der Waals surface area contributed by atoms with Crippen molar-refractivity contribution in [1.29, 1.82) is 0 Å². The van der Waals surface area contributed by atoms with Gasteiger partial charge in [0.15, 0.2) is 0 Å². The molecule has 0 spiro atoms. The monoisotopic (exact) mass is 489 g/mol. The topological polar surface area (TPSA) is 65.9 Å². The van der Waals surface area contributed by atoms with Gasteiger partial charge in [0.25, 0.3) is 5.91 Å². The second-order valence-electron chi connectivity index (χ2n) is 10.5. The molecule has 192 valence electrons. The summed E-state index contributed by atoms with van der Waals surface area (Å²) in [5, 5.41) is 9.88. The van der Waals surface area contributed by atoms with Crippen molar-refractivity contribution in [3.63, 3.8) is 0 Å². The summed E-state index contributed by atoms with van der Waals surface area (Å²) in [4.78, 5) is 22.3. The minimum atomic E-state index is -0.296. The van der Waals surface area contributed by atoms with Crippen LogP contribution >= 0.6 is 0 Å². The zero-order chi connectivity index (χ0) is 25.5. The van der Waals surface area contributed by atoms with Crippen LogP contribution in [0.3, 0.4) is 0 Å². The molecule has 2 aromatic rings. The van der Waals surface area contributed by atoms with E-state index in [0.717, 1.165) is 24.6 Å². The van der Waals surface area contributed by atoms with Crippen molar-refractivity contribution in [2.75, 3.05) is 33.3 Å². The van der Waals surface area contributed by atoms with Gasteiger partial charge in [-0.25, -0.2) is 4.98 Å². The van der Waals surface area contributed by atoms with Crippen LogP contribution in [0.2, 0.25) is 0 Å². The summed E-state index contributed by atoms with van der Waals surface area (Å²) in [7, 11) is 2.16. The first-order valence-electron chi connectivity index (χ1n) is 13.2. The summed E-state index contributed by atoms with van der Waals surface area (Å²) in [5.74, 6) is 7.38. The lowest BCUT2D eigenvalue weighted by Crippen LogP contribution is -2.50. The smallest absolute Gasteiger partial charge is 0.259 e. The van der Waals surface area contributed by atoms with E-state index in [1.165, 1.54) is 25.7 Å². The zero-order valence-corrected chi connectivity index (χ0v) is 21.8. The van der Waals surface area contributed by atoms with Crippen molar-refractivity contribution >= 4 is 5.91 Å². The summed E-state index contributed by atoms with van der Waals surface area (Å²) >= 11 is 0. The first-order valence-corrected chi connectivity index (χ1v) is 13.2. The molecule has 2 heterocycles. The number of ether oxygens (including phenoxy) is 1. The normalized spacial score (nSPS) is 21.2. The van der Waals surface area contributed by atoms with Crippen molar-refractivity contribution in [3.05, 3.63) is 59.3 Å². The molecule has 4 rings (SSSR count). The largest absolute Gasteiger partial charge is 0.472 e. The Kier molecular flexibility index (Phi) is 9.01. The molecule has 0 bridgehead atoms. The molecule has 1 N–H and O–H groups in total. The maximum absolute atomic E-state index is 13.6. The highest BCUT2D eigenvalue weighted by atomic mass is 16.5. The zero-order valence-electron chi connectivity index (χ0n) is 21.8. The van der Waals surface area contributed by atoms with Gasteiger partial charge in [-0.1, -0.05) is 61.9 Å². The molecule has 3 atom stereocenters. The minimum absolute atomic E-state index is 0.0919. The van der Waals surface area contributed by atoms with Crippen molar-refractivity contribution in [2.24, 2.45) is 11.8 Å². The van der Waals surface area contributed by atoms with E-state index in [4.69, 9.17) is 4.74 Å². The lowest BCUT2D eigenvalue weighted by molar-refractivity contribution is 0.0320. The second kappa shape index (κ2) is 12.4. The number of carbonyl (C=O) groups excluding carboxylic acids is 1. The van der Waals surface area contributed by atoms with Crippen LogP contribution in [0, 0.1) is 23.7 Å². The number of aromatic nitrogens is 1. The highest BCUT2D eigenvalue weighted by Gasteiger charge is 2.34. The summed E-state index contributed by atoms with van der Waals surface area (Å²) in [6, 6.07) is 11.6. The molecule has 1 aromatic carbocycles. The van der Waals surface area contributed by atoms with Gasteiger partial charge in [0.1, 0.15) is 11.7 Å². The van der Waals surface area contributed by atoms with Gasteiger partial charge < -0.3 is 19.6 Å². The maximum Gasteiger partial charge on any atom is 0.259 e. The Balaban J connectivity index is 1.57. The molecule has 6 heteroatoms. The van der Waals surface area contributed by atoms with E-state index in [0.29, 0.717) is 30.0 Å². The lowest BCUT2D eigenvalue weighted by atomic mass is 9.99. The SMILES string of the molecule is C[C@@H]1CN([C@H](C)CO)C(=O)c2cc(C#CCc3ccccc3)cnc2O[C@H]1CN(C)CC1CCCC1. The first-order chi connectivity index (χ1) is 17.4. The minimum Gasteiger partial charge on any atom is -0.472 e. The number of hydrogen-bond donors (Lipinski definition) is 1. The molecule has 1 aromatic heterocycles. The van der Waals surface area contributed by atoms with Crippen LogP contribution in [0.1, 0.15) is 61.0 Å². The predicted molar refractivity (Wildman–Crippen MR) is 142 cm³/mol. The Morgan fingerprint density at radius 1 is 1.22 bits per heavy atom. The van der Waals surface area contributed by atoms with Crippen LogP contribution in [0.5, 0.6) is 5.88 Å². The van der Waals surface area contributed by atoms with Gasteiger partial charge in [0, 0.05) is 43.7 Å². The number of carbonyl (C=O) groups is 1. The number of likely N-dealkylation sites (N-methyl/N-ethyl adjacent to an activating group) is 1. The lowest BCUT2D eigenvalue weighted by Gasteiger charge is -2.38. The number of rotatable bonds is 7. The Morgan fingerprint density at radius 3 is 2.69 bits per heavy atom. The second-order valence-corrected chi connectivity index (χ2v) is 10.5. The summed E-state index contributed by atoms with van der Waals surface area (Å²) in [5.41, 5.74) is 2.24. The molecule has 1 fully saturated rings. The average molecular weight is 490 g/mol. The molecule has 2 aliphatic rings. The van der Waals surface area contributed by atoms with E-state index in [1.54, 1.807) is 17.2 Å². The van der Waals surface area contributed by atoms with E-state index >= 15 is 0 Å².